The highest BCUT2D eigenvalue weighted by Crippen LogP contribution is 2.16. The molecule has 29 heavy (non-hydrogen) atoms. The Morgan fingerprint density at radius 3 is 2.10 bits per heavy atom. The summed E-state index contributed by atoms with van der Waals surface area (Å²) in [6.07, 6.45) is 0.686. The lowest BCUT2D eigenvalue weighted by Crippen LogP contribution is -2.28. The van der Waals surface area contributed by atoms with Gasteiger partial charge in [0.2, 0.25) is 20.0 Å². The molecule has 0 saturated carbocycles. The molecule has 0 aromatic heterocycles. The van der Waals surface area contributed by atoms with E-state index in [-0.39, 0.29) is 28.8 Å². The molecule has 0 spiro atoms. The number of hydrogen-bond donors (Lipinski definition) is 3. The number of sulfonamides is 2. The molecule has 0 fully saturated rings. The van der Waals surface area contributed by atoms with Crippen LogP contribution in [0.3, 0.4) is 0 Å². The molecule has 0 atom stereocenters. The van der Waals surface area contributed by atoms with E-state index in [2.05, 4.69) is 10.0 Å². The standard InChI is InChI=1S/C18H23N3O6S2/c1-2-11-21-29(25,26)17-9-5-15(6-10-17)27-13-18(22)20-12-14-3-7-16(8-4-14)28(19,23)24/h3-10,21H,2,11-13H2,1H3,(H,20,22)(H2,19,23,24). The first-order valence-corrected chi connectivity index (χ1v) is 11.8. The average Bonchev–Trinajstić information content (AvgIpc) is 2.69. The highest BCUT2D eigenvalue weighted by Gasteiger charge is 2.13. The second kappa shape index (κ2) is 9.83. The zero-order valence-electron chi connectivity index (χ0n) is 15.8. The quantitative estimate of drug-likeness (QED) is 0.495. The molecular formula is C18H23N3O6S2. The molecule has 2 aromatic rings. The summed E-state index contributed by atoms with van der Waals surface area (Å²) in [6.45, 7) is 2.15. The topological polar surface area (TPSA) is 145 Å². The van der Waals surface area contributed by atoms with Crippen molar-refractivity contribution in [1.29, 1.82) is 0 Å². The molecule has 2 rings (SSSR count). The van der Waals surface area contributed by atoms with E-state index in [4.69, 9.17) is 9.88 Å². The zero-order chi connectivity index (χ0) is 21.5. The molecule has 11 heteroatoms. The summed E-state index contributed by atoms with van der Waals surface area (Å²) in [5.74, 6) is -0.0334. The second-order valence-electron chi connectivity index (χ2n) is 6.12. The maximum absolute atomic E-state index is 12.0. The first-order chi connectivity index (χ1) is 13.6. The van der Waals surface area contributed by atoms with Crippen LogP contribution in [0.2, 0.25) is 0 Å². The van der Waals surface area contributed by atoms with Crippen LogP contribution in [0.1, 0.15) is 18.9 Å². The Hall–Kier alpha value is -2.47. The maximum Gasteiger partial charge on any atom is 0.258 e. The van der Waals surface area contributed by atoms with Crippen LogP contribution in [0.25, 0.3) is 0 Å². The minimum atomic E-state index is -3.76. The van der Waals surface area contributed by atoms with E-state index >= 15 is 0 Å². The van der Waals surface area contributed by atoms with Crippen molar-refractivity contribution in [3.05, 3.63) is 54.1 Å². The number of rotatable bonds is 10. The summed E-state index contributed by atoms with van der Waals surface area (Å²) in [5, 5.41) is 7.66. The summed E-state index contributed by atoms with van der Waals surface area (Å²) < 4.78 is 54.2. The van der Waals surface area contributed by atoms with Crippen molar-refractivity contribution in [3.8, 4) is 5.75 Å². The monoisotopic (exact) mass is 441 g/mol. The number of benzene rings is 2. The van der Waals surface area contributed by atoms with Crippen molar-refractivity contribution in [2.24, 2.45) is 5.14 Å². The van der Waals surface area contributed by atoms with Gasteiger partial charge in [0.1, 0.15) is 5.75 Å². The van der Waals surface area contributed by atoms with E-state index in [0.717, 1.165) is 0 Å². The Bertz CT molecular complexity index is 1030. The van der Waals surface area contributed by atoms with Crippen molar-refractivity contribution in [2.45, 2.75) is 29.7 Å². The molecule has 0 unspecified atom stereocenters. The molecule has 0 heterocycles. The number of primary sulfonamides is 1. The van der Waals surface area contributed by atoms with Crippen molar-refractivity contribution in [1.82, 2.24) is 10.0 Å². The van der Waals surface area contributed by atoms with Gasteiger partial charge in [-0.25, -0.2) is 26.7 Å². The Kier molecular flexibility index (Phi) is 7.73. The van der Waals surface area contributed by atoms with Crippen LogP contribution in [0, 0.1) is 0 Å². The van der Waals surface area contributed by atoms with Crippen LogP contribution >= 0.6 is 0 Å². The number of ether oxygens (including phenoxy) is 1. The highest BCUT2D eigenvalue weighted by atomic mass is 32.2. The van der Waals surface area contributed by atoms with Crippen LogP contribution in [0.4, 0.5) is 0 Å². The highest BCUT2D eigenvalue weighted by molar-refractivity contribution is 7.89. The van der Waals surface area contributed by atoms with Crippen molar-refractivity contribution < 1.29 is 26.4 Å². The van der Waals surface area contributed by atoms with Crippen LogP contribution in [-0.2, 0) is 31.4 Å². The van der Waals surface area contributed by atoms with E-state index in [0.29, 0.717) is 24.3 Å². The van der Waals surface area contributed by atoms with Gasteiger partial charge in [-0.2, -0.15) is 0 Å². The second-order valence-corrected chi connectivity index (χ2v) is 9.45. The van der Waals surface area contributed by atoms with Crippen molar-refractivity contribution in [2.75, 3.05) is 13.2 Å². The van der Waals surface area contributed by atoms with Gasteiger partial charge in [0.15, 0.2) is 6.61 Å². The normalized spacial score (nSPS) is 11.8. The zero-order valence-corrected chi connectivity index (χ0v) is 17.4. The minimum absolute atomic E-state index is 0.00809. The van der Waals surface area contributed by atoms with Gasteiger partial charge in [-0.1, -0.05) is 19.1 Å². The van der Waals surface area contributed by atoms with Gasteiger partial charge < -0.3 is 10.1 Å². The van der Waals surface area contributed by atoms with E-state index in [1.165, 1.54) is 36.4 Å². The molecule has 1 amide bonds. The molecule has 0 aliphatic rings. The largest absolute Gasteiger partial charge is 0.484 e. The lowest BCUT2D eigenvalue weighted by molar-refractivity contribution is -0.123. The van der Waals surface area contributed by atoms with Crippen LogP contribution in [0.15, 0.2) is 58.3 Å². The van der Waals surface area contributed by atoms with E-state index < -0.39 is 20.0 Å². The lowest BCUT2D eigenvalue weighted by Gasteiger charge is -2.09. The molecule has 0 aliphatic carbocycles. The minimum Gasteiger partial charge on any atom is -0.484 e. The molecule has 4 N–H and O–H groups in total. The maximum atomic E-state index is 12.0. The fraction of sp³-hybridized carbons (Fsp3) is 0.278. The Labute approximate surface area is 170 Å². The first-order valence-electron chi connectivity index (χ1n) is 8.73. The molecule has 9 nitrogen and oxygen atoms in total. The molecule has 0 bridgehead atoms. The predicted molar refractivity (Wildman–Crippen MR) is 107 cm³/mol. The van der Waals surface area contributed by atoms with Crippen LogP contribution in [-0.4, -0.2) is 35.9 Å². The smallest absolute Gasteiger partial charge is 0.258 e. The van der Waals surface area contributed by atoms with Gasteiger partial charge in [-0.3, -0.25) is 4.79 Å². The third-order valence-corrected chi connectivity index (χ3v) is 6.19. The number of nitrogens with one attached hydrogen (secondary N) is 2. The van der Waals surface area contributed by atoms with Gasteiger partial charge in [0.05, 0.1) is 9.79 Å². The summed E-state index contributed by atoms with van der Waals surface area (Å²) >= 11 is 0. The molecule has 0 saturated heterocycles. The first kappa shape index (κ1) is 22.8. The SMILES string of the molecule is CCCNS(=O)(=O)c1ccc(OCC(=O)NCc2ccc(S(N)(=O)=O)cc2)cc1. The van der Waals surface area contributed by atoms with Crippen LogP contribution in [0.5, 0.6) is 5.75 Å². The summed E-state index contributed by atoms with van der Waals surface area (Å²) in [6, 6.07) is 11.6. The van der Waals surface area contributed by atoms with Gasteiger partial charge in [0.25, 0.3) is 5.91 Å². The van der Waals surface area contributed by atoms with Gasteiger partial charge in [0, 0.05) is 13.1 Å². The average molecular weight is 442 g/mol. The molecule has 158 valence electrons. The van der Waals surface area contributed by atoms with Crippen molar-refractivity contribution >= 4 is 26.0 Å². The third kappa shape index (κ3) is 7.13. The molecular weight excluding hydrogens is 418 g/mol. The summed E-state index contributed by atoms with van der Waals surface area (Å²) in [5.41, 5.74) is 0.694. The number of carbonyl (C=O) groups excluding carboxylic acids is 1. The van der Waals surface area contributed by atoms with Gasteiger partial charge in [-0.05, 0) is 48.4 Å². The summed E-state index contributed by atoms with van der Waals surface area (Å²) in [4.78, 5) is 12.0. The fourth-order valence-corrected chi connectivity index (χ4v) is 3.88. The summed E-state index contributed by atoms with van der Waals surface area (Å²) in [7, 11) is -7.31. The lowest BCUT2D eigenvalue weighted by atomic mass is 10.2. The Morgan fingerprint density at radius 1 is 0.966 bits per heavy atom. The number of amides is 1. The van der Waals surface area contributed by atoms with E-state index in [9.17, 15) is 21.6 Å². The fourth-order valence-electron chi connectivity index (χ4n) is 2.23. The van der Waals surface area contributed by atoms with Crippen LogP contribution < -0.4 is 19.9 Å². The number of nitrogens with two attached hydrogens (primary N) is 1. The van der Waals surface area contributed by atoms with Gasteiger partial charge >= 0.3 is 0 Å². The van der Waals surface area contributed by atoms with E-state index in [1.54, 1.807) is 12.1 Å². The van der Waals surface area contributed by atoms with Crippen molar-refractivity contribution in [3.63, 3.8) is 0 Å². The Balaban J connectivity index is 1.83. The Morgan fingerprint density at radius 2 is 1.55 bits per heavy atom. The number of carbonyl (C=O) groups is 1. The number of hydrogen-bond acceptors (Lipinski definition) is 6. The molecule has 2 aromatic carbocycles. The molecule has 0 radical (unpaired) electrons. The van der Waals surface area contributed by atoms with E-state index in [1.807, 2.05) is 6.92 Å². The third-order valence-electron chi connectivity index (χ3n) is 3.79. The predicted octanol–water partition coefficient (Wildman–Crippen LogP) is 0.718. The molecule has 0 aliphatic heterocycles. The van der Waals surface area contributed by atoms with Gasteiger partial charge in [-0.15, -0.1) is 0 Å².